The smallest absolute Gasteiger partial charge is 0.321 e. The van der Waals surface area contributed by atoms with Crippen LogP contribution in [-0.2, 0) is 4.79 Å². The van der Waals surface area contributed by atoms with Crippen molar-refractivity contribution in [3.63, 3.8) is 0 Å². The van der Waals surface area contributed by atoms with Crippen LogP contribution in [0.15, 0.2) is 0 Å². The molecule has 0 amide bonds. The zero-order valence-corrected chi connectivity index (χ0v) is 9.83. The summed E-state index contributed by atoms with van der Waals surface area (Å²) in [7, 11) is 0. The maximum Gasteiger partial charge on any atom is 0.321 e. The highest BCUT2D eigenvalue weighted by Crippen LogP contribution is 2.34. The predicted molar refractivity (Wildman–Crippen MR) is 60.6 cm³/mol. The molecule has 15 heavy (non-hydrogen) atoms. The topological polar surface area (TPSA) is 63.3 Å². The van der Waals surface area contributed by atoms with Crippen molar-refractivity contribution in [1.82, 2.24) is 0 Å². The lowest BCUT2D eigenvalue weighted by Gasteiger charge is -2.29. The summed E-state index contributed by atoms with van der Waals surface area (Å²) < 4.78 is 0. The summed E-state index contributed by atoms with van der Waals surface area (Å²) >= 11 is 0. The van der Waals surface area contributed by atoms with Crippen molar-refractivity contribution in [3.8, 4) is 0 Å². The van der Waals surface area contributed by atoms with Gasteiger partial charge in [-0.1, -0.05) is 39.5 Å². The second-order valence-electron chi connectivity index (χ2n) is 5.49. The van der Waals surface area contributed by atoms with E-state index in [1.54, 1.807) is 0 Å². The van der Waals surface area contributed by atoms with Crippen LogP contribution >= 0.6 is 0 Å². The van der Waals surface area contributed by atoms with Gasteiger partial charge in [-0.15, -0.1) is 0 Å². The van der Waals surface area contributed by atoms with E-state index >= 15 is 0 Å². The zero-order valence-electron chi connectivity index (χ0n) is 9.83. The summed E-state index contributed by atoms with van der Waals surface area (Å²) in [6.45, 7) is 3.92. The van der Waals surface area contributed by atoms with Crippen LogP contribution in [0.25, 0.3) is 0 Å². The predicted octanol–water partition coefficient (Wildman–Crippen LogP) is 2.39. The Balaban J connectivity index is 2.37. The van der Waals surface area contributed by atoms with E-state index in [2.05, 4.69) is 0 Å². The van der Waals surface area contributed by atoms with Gasteiger partial charge in [0.05, 0.1) is 0 Å². The molecule has 1 unspecified atom stereocenters. The van der Waals surface area contributed by atoms with E-state index in [0.29, 0.717) is 0 Å². The first-order chi connectivity index (χ1) is 6.93. The molecule has 0 radical (unpaired) electrons. The van der Waals surface area contributed by atoms with Crippen molar-refractivity contribution in [3.05, 3.63) is 0 Å². The molecule has 1 fully saturated rings. The molecule has 0 spiro atoms. The number of carboxylic acid groups (broad SMARTS) is 1. The monoisotopic (exact) mass is 213 g/mol. The Labute approximate surface area is 92.0 Å². The van der Waals surface area contributed by atoms with Gasteiger partial charge in [0, 0.05) is 0 Å². The molecule has 0 saturated heterocycles. The van der Waals surface area contributed by atoms with Crippen molar-refractivity contribution in [2.75, 3.05) is 0 Å². The molecule has 1 saturated carbocycles. The third-order valence-corrected chi connectivity index (χ3v) is 3.78. The lowest BCUT2D eigenvalue weighted by atomic mass is 9.78. The van der Waals surface area contributed by atoms with E-state index in [1.165, 1.54) is 25.7 Å². The SMILES string of the molecule is CC(C)(CCC1CCCC1)C(N)C(=O)O. The Hall–Kier alpha value is -0.570. The lowest BCUT2D eigenvalue weighted by molar-refractivity contribution is -0.141. The Bertz CT molecular complexity index is 220. The standard InChI is InChI=1S/C12H23NO2/c1-12(2,10(13)11(14)15)8-7-9-5-3-4-6-9/h9-10H,3-8,13H2,1-2H3,(H,14,15). The summed E-state index contributed by atoms with van der Waals surface area (Å²) in [4.78, 5) is 10.8. The van der Waals surface area contributed by atoms with Crippen LogP contribution in [0.1, 0.15) is 52.4 Å². The average Bonchev–Trinajstić information content (AvgIpc) is 2.66. The molecule has 1 atom stereocenters. The fourth-order valence-electron chi connectivity index (χ4n) is 2.36. The lowest BCUT2D eigenvalue weighted by Crippen LogP contribution is -2.44. The molecule has 88 valence electrons. The van der Waals surface area contributed by atoms with Gasteiger partial charge in [-0.25, -0.2) is 0 Å². The molecule has 0 aromatic heterocycles. The number of rotatable bonds is 5. The average molecular weight is 213 g/mol. The highest BCUT2D eigenvalue weighted by atomic mass is 16.4. The molecule has 3 nitrogen and oxygen atoms in total. The fraction of sp³-hybridized carbons (Fsp3) is 0.917. The fourth-order valence-corrected chi connectivity index (χ4v) is 2.36. The Kier molecular flexibility index (Phi) is 4.14. The van der Waals surface area contributed by atoms with Gasteiger partial charge in [-0.3, -0.25) is 4.79 Å². The molecule has 0 aromatic rings. The van der Waals surface area contributed by atoms with Gasteiger partial charge in [-0.05, 0) is 24.2 Å². The normalized spacial score (nSPS) is 20.5. The van der Waals surface area contributed by atoms with Gasteiger partial charge in [0.25, 0.3) is 0 Å². The molecule has 1 rings (SSSR count). The molecule has 0 heterocycles. The van der Waals surface area contributed by atoms with Crippen molar-refractivity contribution < 1.29 is 9.90 Å². The molecule has 1 aliphatic carbocycles. The number of carboxylic acids is 1. The Morgan fingerprint density at radius 3 is 2.47 bits per heavy atom. The first kappa shape index (κ1) is 12.5. The van der Waals surface area contributed by atoms with Crippen molar-refractivity contribution in [2.45, 2.75) is 58.4 Å². The molecule has 1 aliphatic rings. The van der Waals surface area contributed by atoms with Crippen molar-refractivity contribution >= 4 is 5.97 Å². The van der Waals surface area contributed by atoms with Crippen LogP contribution in [-0.4, -0.2) is 17.1 Å². The van der Waals surface area contributed by atoms with Crippen LogP contribution < -0.4 is 5.73 Å². The third kappa shape index (κ3) is 3.49. The Morgan fingerprint density at radius 1 is 1.47 bits per heavy atom. The van der Waals surface area contributed by atoms with E-state index in [9.17, 15) is 4.79 Å². The quantitative estimate of drug-likeness (QED) is 0.737. The molecule has 3 heteroatoms. The number of hydrogen-bond acceptors (Lipinski definition) is 2. The van der Waals surface area contributed by atoms with Crippen LogP contribution in [0.2, 0.25) is 0 Å². The van der Waals surface area contributed by atoms with E-state index in [4.69, 9.17) is 10.8 Å². The molecule has 0 bridgehead atoms. The first-order valence-corrected chi connectivity index (χ1v) is 5.92. The summed E-state index contributed by atoms with van der Waals surface area (Å²) in [5, 5.41) is 8.88. The highest BCUT2D eigenvalue weighted by molar-refractivity contribution is 5.74. The van der Waals surface area contributed by atoms with Gasteiger partial charge in [0.2, 0.25) is 0 Å². The van der Waals surface area contributed by atoms with E-state index in [-0.39, 0.29) is 5.41 Å². The van der Waals surface area contributed by atoms with Gasteiger partial charge in [0.1, 0.15) is 6.04 Å². The summed E-state index contributed by atoms with van der Waals surface area (Å²) in [6, 6.07) is -0.737. The van der Waals surface area contributed by atoms with Gasteiger partial charge >= 0.3 is 5.97 Å². The molecule has 0 aliphatic heterocycles. The Morgan fingerprint density at radius 2 is 2.00 bits per heavy atom. The molecular weight excluding hydrogens is 190 g/mol. The number of aliphatic carboxylic acids is 1. The second kappa shape index (κ2) is 4.97. The minimum absolute atomic E-state index is 0.283. The summed E-state index contributed by atoms with van der Waals surface area (Å²) in [6.07, 6.45) is 7.38. The number of carbonyl (C=O) groups is 1. The van der Waals surface area contributed by atoms with E-state index in [0.717, 1.165) is 18.8 Å². The minimum atomic E-state index is -0.883. The minimum Gasteiger partial charge on any atom is -0.480 e. The van der Waals surface area contributed by atoms with E-state index in [1.807, 2.05) is 13.8 Å². The molecule has 0 aromatic carbocycles. The largest absolute Gasteiger partial charge is 0.480 e. The number of hydrogen-bond donors (Lipinski definition) is 2. The second-order valence-corrected chi connectivity index (χ2v) is 5.49. The van der Waals surface area contributed by atoms with Gasteiger partial charge in [-0.2, -0.15) is 0 Å². The van der Waals surface area contributed by atoms with Gasteiger partial charge in [0.15, 0.2) is 0 Å². The molecular formula is C12H23NO2. The highest BCUT2D eigenvalue weighted by Gasteiger charge is 2.32. The van der Waals surface area contributed by atoms with Crippen LogP contribution in [0, 0.1) is 11.3 Å². The maximum atomic E-state index is 10.8. The number of nitrogens with two attached hydrogens (primary N) is 1. The first-order valence-electron chi connectivity index (χ1n) is 5.92. The third-order valence-electron chi connectivity index (χ3n) is 3.78. The summed E-state index contributed by atoms with van der Waals surface area (Å²) in [5.74, 6) is -0.0725. The van der Waals surface area contributed by atoms with E-state index < -0.39 is 12.0 Å². The zero-order chi connectivity index (χ0) is 11.5. The molecule has 3 N–H and O–H groups in total. The van der Waals surface area contributed by atoms with Crippen LogP contribution in [0.4, 0.5) is 0 Å². The van der Waals surface area contributed by atoms with Crippen molar-refractivity contribution in [1.29, 1.82) is 0 Å². The van der Waals surface area contributed by atoms with Crippen molar-refractivity contribution in [2.24, 2.45) is 17.1 Å². The van der Waals surface area contributed by atoms with Crippen LogP contribution in [0.3, 0.4) is 0 Å². The van der Waals surface area contributed by atoms with Gasteiger partial charge < -0.3 is 10.8 Å². The van der Waals surface area contributed by atoms with Crippen LogP contribution in [0.5, 0.6) is 0 Å². The maximum absolute atomic E-state index is 10.8. The summed E-state index contributed by atoms with van der Waals surface area (Å²) in [5.41, 5.74) is 5.40.